The SMILES string of the molecule is CCc1cnc(N2C=CC(C(C)Oc3nn4cc(-c5ccncc5)nc4s3)=CC2)nc1. The highest BCUT2D eigenvalue weighted by atomic mass is 32.1. The Labute approximate surface area is 183 Å². The predicted molar refractivity (Wildman–Crippen MR) is 120 cm³/mol. The number of anilines is 1. The van der Waals surface area contributed by atoms with Crippen molar-refractivity contribution in [1.29, 1.82) is 0 Å². The summed E-state index contributed by atoms with van der Waals surface area (Å²) in [4.78, 5) is 20.4. The number of ether oxygens (including phenoxy) is 1. The highest BCUT2D eigenvalue weighted by Crippen LogP contribution is 2.27. The lowest BCUT2D eigenvalue weighted by molar-refractivity contribution is 0.256. The molecule has 0 saturated heterocycles. The Morgan fingerprint density at radius 2 is 2.00 bits per heavy atom. The smallest absolute Gasteiger partial charge is 0.294 e. The zero-order chi connectivity index (χ0) is 21.2. The van der Waals surface area contributed by atoms with Gasteiger partial charge in [-0.2, -0.15) is 0 Å². The monoisotopic (exact) mass is 431 g/mol. The minimum atomic E-state index is -0.127. The molecule has 9 heteroatoms. The average molecular weight is 432 g/mol. The minimum absolute atomic E-state index is 0.127. The van der Waals surface area contributed by atoms with Crippen LogP contribution < -0.4 is 9.64 Å². The molecule has 1 aliphatic heterocycles. The molecule has 1 atom stereocenters. The second-order valence-electron chi connectivity index (χ2n) is 7.13. The molecule has 31 heavy (non-hydrogen) atoms. The van der Waals surface area contributed by atoms with Gasteiger partial charge in [-0.1, -0.05) is 13.0 Å². The summed E-state index contributed by atoms with van der Waals surface area (Å²) in [7, 11) is 0. The van der Waals surface area contributed by atoms with Crippen molar-refractivity contribution in [2.75, 3.05) is 11.4 Å². The van der Waals surface area contributed by atoms with Crippen molar-refractivity contribution in [2.24, 2.45) is 0 Å². The van der Waals surface area contributed by atoms with Gasteiger partial charge < -0.3 is 9.64 Å². The van der Waals surface area contributed by atoms with E-state index in [2.05, 4.69) is 38.0 Å². The van der Waals surface area contributed by atoms with Gasteiger partial charge in [0.25, 0.3) is 5.19 Å². The van der Waals surface area contributed by atoms with Gasteiger partial charge in [0.1, 0.15) is 6.10 Å². The number of rotatable bonds is 6. The number of imidazole rings is 1. The fourth-order valence-corrected chi connectivity index (χ4v) is 4.06. The van der Waals surface area contributed by atoms with Crippen LogP contribution in [0.4, 0.5) is 5.95 Å². The second-order valence-corrected chi connectivity index (χ2v) is 8.05. The van der Waals surface area contributed by atoms with E-state index in [1.807, 2.05) is 54.8 Å². The number of hydrogen-bond acceptors (Lipinski definition) is 8. The Morgan fingerprint density at radius 1 is 1.19 bits per heavy atom. The molecule has 0 fully saturated rings. The summed E-state index contributed by atoms with van der Waals surface area (Å²) < 4.78 is 7.84. The molecule has 5 rings (SSSR count). The first-order valence-corrected chi connectivity index (χ1v) is 10.9. The van der Waals surface area contributed by atoms with E-state index >= 15 is 0 Å². The van der Waals surface area contributed by atoms with Gasteiger partial charge in [-0.15, -0.1) is 5.10 Å². The summed E-state index contributed by atoms with van der Waals surface area (Å²) in [6.07, 6.45) is 16.1. The Morgan fingerprint density at radius 3 is 2.68 bits per heavy atom. The van der Waals surface area contributed by atoms with Gasteiger partial charge in [-0.05, 0) is 54.0 Å². The van der Waals surface area contributed by atoms with Gasteiger partial charge in [0, 0.05) is 43.1 Å². The van der Waals surface area contributed by atoms with Crippen LogP contribution >= 0.6 is 11.3 Å². The number of aryl methyl sites for hydroxylation is 1. The molecule has 1 unspecified atom stereocenters. The summed E-state index contributed by atoms with van der Waals surface area (Å²) in [5.41, 5.74) is 4.10. The van der Waals surface area contributed by atoms with Crippen LogP contribution in [-0.2, 0) is 6.42 Å². The number of fused-ring (bicyclic) bond motifs is 1. The Hall–Kier alpha value is -3.59. The molecule has 0 saturated carbocycles. The molecule has 0 radical (unpaired) electrons. The Kier molecular flexibility index (Phi) is 5.17. The first kappa shape index (κ1) is 19.4. The normalized spacial score (nSPS) is 14.6. The summed E-state index contributed by atoms with van der Waals surface area (Å²) in [5, 5.41) is 5.11. The zero-order valence-corrected chi connectivity index (χ0v) is 18.0. The lowest BCUT2D eigenvalue weighted by Crippen LogP contribution is -2.24. The molecular formula is C22H21N7OS. The molecule has 0 N–H and O–H groups in total. The summed E-state index contributed by atoms with van der Waals surface area (Å²) >= 11 is 1.43. The molecule has 156 valence electrons. The van der Waals surface area contributed by atoms with Crippen molar-refractivity contribution in [1.82, 2.24) is 29.5 Å². The van der Waals surface area contributed by atoms with Crippen molar-refractivity contribution in [3.8, 4) is 16.5 Å². The number of nitrogens with zero attached hydrogens (tertiary/aromatic N) is 7. The molecule has 0 aliphatic carbocycles. The highest BCUT2D eigenvalue weighted by Gasteiger charge is 2.17. The van der Waals surface area contributed by atoms with Crippen LogP contribution in [0.3, 0.4) is 0 Å². The fourth-order valence-electron chi connectivity index (χ4n) is 3.25. The van der Waals surface area contributed by atoms with Gasteiger partial charge in [-0.25, -0.2) is 19.5 Å². The van der Waals surface area contributed by atoms with Crippen LogP contribution in [-0.4, -0.2) is 42.2 Å². The summed E-state index contributed by atoms with van der Waals surface area (Å²) in [6, 6.07) is 3.86. The number of hydrogen-bond donors (Lipinski definition) is 0. The number of pyridine rings is 1. The van der Waals surface area contributed by atoms with E-state index in [1.54, 1.807) is 16.9 Å². The van der Waals surface area contributed by atoms with Crippen LogP contribution in [0.2, 0.25) is 0 Å². The third kappa shape index (κ3) is 4.04. The van der Waals surface area contributed by atoms with Crippen molar-refractivity contribution >= 4 is 22.2 Å². The lowest BCUT2D eigenvalue weighted by atomic mass is 10.1. The molecule has 5 heterocycles. The van der Waals surface area contributed by atoms with Crippen LogP contribution in [0, 0.1) is 0 Å². The van der Waals surface area contributed by atoms with E-state index in [4.69, 9.17) is 4.74 Å². The first-order chi connectivity index (χ1) is 15.2. The van der Waals surface area contributed by atoms with Gasteiger partial charge in [0.15, 0.2) is 0 Å². The van der Waals surface area contributed by atoms with Gasteiger partial charge in [-0.3, -0.25) is 4.98 Å². The van der Waals surface area contributed by atoms with E-state index in [9.17, 15) is 0 Å². The van der Waals surface area contributed by atoms with Crippen molar-refractivity contribution in [2.45, 2.75) is 26.4 Å². The highest BCUT2D eigenvalue weighted by molar-refractivity contribution is 7.18. The molecule has 0 amide bonds. The average Bonchev–Trinajstić information content (AvgIpc) is 3.38. The van der Waals surface area contributed by atoms with Crippen LogP contribution in [0.5, 0.6) is 5.19 Å². The third-order valence-corrected chi connectivity index (χ3v) is 5.89. The molecular weight excluding hydrogens is 410 g/mol. The molecule has 4 aromatic rings. The van der Waals surface area contributed by atoms with E-state index in [0.717, 1.165) is 33.8 Å². The third-order valence-electron chi connectivity index (χ3n) is 5.08. The topological polar surface area (TPSA) is 81.3 Å². The van der Waals surface area contributed by atoms with Gasteiger partial charge in [0.2, 0.25) is 10.9 Å². The maximum absolute atomic E-state index is 6.08. The van der Waals surface area contributed by atoms with E-state index in [0.29, 0.717) is 17.7 Å². The lowest BCUT2D eigenvalue weighted by Gasteiger charge is -2.23. The summed E-state index contributed by atoms with van der Waals surface area (Å²) in [6.45, 7) is 4.81. The van der Waals surface area contributed by atoms with E-state index in [1.165, 1.54) is 11.3 Å². The van der Waals surface area contributed by atoms with Crippen LogP contribution in [0.1, 0.15) is 19.4 Å². The molecule has 1 aliphatic rings. The maximum atomic E-state index is 6.08. The molecule has 8 nitrogen and oxygen atoms in total. The molecule has 0 bridgehead atoms. The first-order valence-electron chi connectivity index (χ1n) is 10.1. The Bertz CT molecular complexity index is 1210. The summed E-state index contributed by atoms with van der Waals surface area (Å²) in [5.74, 6) is 0.698. The molecule has 4 aromatic heterocycles. The minimum Gasteiger partial charge on any atom is -0.461 e. The quantitative estimate of drug-likeness (QED) is 0.457. The fraction of sp³-hybridized carbons (Fsp3) is 0.227. The van der Waals surface area contributed by atoms with Crippen molar-refractivity contribution in [3.63, 3.8) is 0 Å². The molecule has 0 spiro atoms. The molecule has 0 aromatic carbocycles. The van der Waals surface area contributed by atoms with Crippen LogP contribution in [0.25, 0.3) is 16.2 Å². The number of aromatic nitrogens is 6. The van der Waals surface area contributed by atoms with E-state index < -0.39 is 0 Å². The van der Waals surface area contributed by atoms with Gasteiger partial charge >= 0.3 is 0 Å². The standard InChI is InChI=1S/C22H21N7OS/c1-3-16-12-24-20(25-13-16)28-10-6-17(7-11-28)15(2)30-22-27-29-14-19(26-21(29)31-22)18-4-8-23-9-5-18/h4-10,12-15H,3,11H2,1-2H3. The predicted octanol–water partition coefficient (Wildman–Crippen LogP) is 3.93. The largest absolute Gasteiger partial charge is 0.461 e. The second kappa shape index (κ2) is 8.27. The van der Waals surface area contributed by atoms with Crippen LogP contribution in [0.15, 0.2) is 67.0 Å². The Balaban J connectivity index is 1.24. The zero-order valence-electron chi connectivity index (χ0n) is 17.2. The van der Waals surface area contributed by atoms with Gasteiger partial charge in [0.05, 0.1) is 11.9 Å². The maximum Gasteiger partial charge on any atom is 0.294 e. The van der Waals surface area contributed by atoms with Crippen molar-refractivity contribution in [3.05, 3.63) is 72.6 Å². The van der Waals surface area contributed by atoms with Crippen molar-refractivity contribution < 1.29 is 4.74 Å². The van der Waals surface area contributed by atoms with E-state index in [-0.39, 0.29) is 6.10 Å².